The van der Waals surface area contributed by atoms with Gasteiger partial charge in [0.2, 0.25) is 12.6 Å². The molecular formula is C64H123BI2NaO45-2. The second-order valence-electron chi connectivity index (χ2n) is 20.5. The SMILES string of the molecule is CC.CC.CCC(C=O)O[C@@H](C=O)OC.CCC(C=O)O[C@H](OC)C(O)C=O.CCC(CO)O[C@@H](CO)OC.CCC(CO)O[C@@H](COC(=O)CCCC(=O)O)OCC(CO)O[C@@H](CO)OC.CCC(O[C@@H](C=O)OC)[C@@H](O)C=O.CCC1O[C@H](OC)C(O)[C@@H](O)[C@@H]1O.O=C1CCCC(=O)O1.[B].[H-].[Na+].[O-][I+3]([O-])([O-])[O-].[O-][I+3]([O-])([O-])[O-]. The standard InChI is InChI=1S/C17H32O11.C8H16O5.2C8H14O5.C7H16O4.C7H12O4.C5H6O3.2C2H6.B.2IO4.Na.H/c1-3-12(7-18)27-17(11-25-15(23)6-4-5-14(21)22)26-10-13(8-19)28-16(9-20)24-2;1-3-4-5(9)6(10)7(11)8(12-2)13-4;1-3-7(6(11)4-9)13-8(5-10)12-2;1-3-6(4-9)13-8(12-2)7(11)5-10;2*1-3-6(4-8)11-7(5-9)10-2;6-4-2-1-3-5(7)8-4;2*1-2;;2*2-1(3,4)5;;/h12-13,16-20H,3-11H2,1-2H3,(H,21,22);4-11H,3H2,1-2H3;2*4-8,11H,3H2,1-2H3;6-9H,3-5H2,1-2H3;4-7H,3H2,1-2H3;1-3H2;2*1-2H3;;;;;/q;;;;;;;;;;2*-1;+1;-1/t12?,13?,16-,17-;4?,5-,6+,7?,8+;6-,7?,8-;6?,7?,8-;2*6?,7-;;;;;;;;/m010000......../s1. The second-order valence-corrected chi connectivity index (χ2v) is 24.8. The van der Waals surface area contributed by atoms with Crippen LogP contribution in [0.1, 0.15) is 148 Å². The number of carboxylic acids is 1. The van der Waals surface area contributed by atoms with Gasteiger partial charge in [-0.1, -0.05) is 69.2 Å². The zero-order valence-electron chi connectivity index (χ0n) is 68.0. The largest absolute Gasteiger partial charge is 1.00 e. The molecule has 2 aliphatic heterocycles. The maximum Gasteiger partial charge on any atom is 1.00 e. The van der Waals surface area contributed by atoms with E-state index in [0.29, 0.717) is 95.5 Å². The van der Waals surface area contributed by atoms with Crippen molar-refractivity contribution in [3.63, 3.8) is 0 Å². The monoisotopic (exact) mass is 1900 g/mol. The quantitative estimate of drug-likeness (QED) is 0.00673. The molecule has 2 rings (SSSR count). The Hall–Kier alpha value is -2.66. The van der Waals surface area contributed by atoms with E-state index >= 15 is 0 Å². The van der Waals surface area contributed by atoms with E-state index in [2.05, 4.69) is 18.9 Å². The Labute approximate surface area is 696 Å². The van der Waals surface area contributed by atoms with Gasteiger partial charge in [0.15, 0.2) is 62.7 Å². The van der Waals surface area contributed by atoms with Crippen LogP contribution in [-0.4, -0.2) is 332 Å². The van der Waals surface area contributed by atoms with Crippen molar-refractivity contribution in [2.75, 3.05) is 88.9 Å². The van der Waals surface area contributed by atoms with Gasteiger partial charge in [-0.3, -0.25) is 56.3 Å². The normalized spacial score (nSPS) is 18.9. The number of carbonyl (C=O) groups is 10. The Bertz CT molecular complexity index is 2060. The van der Waals surface area contributed by atoms with Gasteiger partial charge in [-0.2, -0.15) is 0 Å². The number of carbonyl (C=O) groups excluding carboxylic acids is 9. The van der Waals surface area contributed by atoms with E-state index < -0.39 is 177 Å². The second kappa shape index (κ2) is 90.1. The van der Waals surface area contributed by atoms with Crippen LogP contribution in [0.5, 0.6) is 0 Å². The molecule has 2 fully saturated rings. The summed E-state index contributed by atoms with van der Waals surface area (Å²) in [7, 11) is 8.10. The van der Waals surface area contributed by atoms with Gasteiger partial charge in [-0.05, 0) is 51.4 Å². The summed E-state index contributed by atoms with van der Waals surface area (Å²) in [4.78, 5) is 104. The van der Waals surface area contributed by atoms with Gasteiger partial charge < -0.3 is 153 Å². The molecule has 0 aromatic carbocycles. The molecule has 0 aromatic heterocycles. The molecule has 0 spiro atoms. The minimum atomic E-state index is -5.94. The molecule has 3 radical (unpaired) electrons. The molecule has 11 N–H and O–H groups in total. The molecule has 2 saturated heterocycles. The van der Waals surface area contributed by atoms with Gasteiger partial charge in [0.1, 0.15) is 102 Å². The number of hydrogen-bond donors (Lipinski definition) is 11. The Morgan fingerprint density at radius 1 is 0.513 bits per heavy atom. The maximum atomic E-state index is 11.7. The number of esters is 3. The summed E-state index contributed by atoms with van der Waals surface area (Å²) in [5, 5.41) is 99.9. The third kappa shape index (κ3) is 85.6. The molecule has 2 aliphatic rings. The fraction of sp³-hybridized carbons (Fsp3) is 0.844. The van der Waals surface area contributed by atoms with E-state index in [0.717, 1.165) is 0 Å². The number of aldehydes is 6. The van der Waals surface area contributed by atoms with Crippen LogP contribution >= 0.6 is 0 Å². The number of hydrogen-bond acceptors (Lipinski definition) is 44. The maximum absolute atomic E-state index is 11.7. The summed E-state index contributed by atoms with van der Waals surface area (Å²) in [5.74, 6) is -2.38. The van der Waals surface area contributed by atoms with Crippen molar-refractivity contribution < 1.29 is 279 Å². The van der Waals surface area contributed by atoms with Crippen molar-refractivity contribution in [3.8, 4) is 0 Å². The molecule has 0 aliphatic carbocycles. The number of halogens is 2. The summed E-state index contributed by atoms with van der Waals surface area (Å²) < 4.78 is 148. The molecule has 669 valence electrons. The molecule has 0 bridgehead atoms. The molecule has 49 heteroatoms. The first-order chi connectivity index (χ1) is 52.2. The first kappa shape index (κ1) is 134. The summed E-state index contributed by atoms with van der Waals surface area (Å²) in [6, 6.07) is 0. The van der Waals surface area contributed by atoms with E-state index in [4.69, 9.17) is 115 Å². The van der Waals surface area contributed by atoms with Crippen LogP contribution < -0.4 is 97.2 Å². The van der Waals surface area contributed by atoms with Gasteiger partial charge >= 0.3 is 53.4 Å². The van der Waals surface area contributed by atoms with Crippen molar-refractivity contribution in [3.05, 3.63) is 0 Å². The van der Waals surface area contributed by atoms with Crippen molar-refractivity contribution >= 4 is 70.0 Å². The van der Waals surface area contributed by atoms with Crippen molar-refractivity contribution in [1.82, 2.24) is 0 Å². The third-order valence-electron chi connectivity index (χ3n) is 12.6. The molecule has 0 aromatic rings. The van der Waals surface area contributed by atoms with Crippen LogP contribution in [-0.2, 0) is 124 Å². The van der Waals surface area contributed by atoms with Crippen LogP contribution in [0, 0.1) is 0 Å². The number of carboxylic acid groups (broad SMARTS) is 1. The number of aliphatic hydroxyl groups is 10. The summed E-state index contributed by atoms with van der Waals surface area (Å²) >= 11 is -11.9. The van der Waals surface area contributed by atoms with Crippen LogP contribution in [0.15, 0.2) is 0 Å². The summed E-state index contributed by atoms with van der Waals surface area (Å²) in [6.07, 6.45) is -9.08. The predicted molar refractivity (Wildman–Crippen MR) is 359 cm³/mol. The summed E-state index contributed by atoms with van der Waals surface area (Å²) in [6.45, 7) is 17.0. The van der Waals surface area contributed by atoms with Gasteiger partial charge in [0.25, 0.3) is 0 Å². The molecule has 0 saturated carbocycles. The molecule has 19 atom stereocenters. The number of rotatable bonds is 46. The molecule has 113 heavy (non-hydrogen) atoms. The molecular weight excluding hydrogens is 1780 g/mol. The Morgan fingerprint density at radius 3 is 1.22 bits per heavy atom. The third-order valence-corrected chi connectivity index (χ3v) is 12.6. The van der Waals surface area contributed by atoms with E-state index in [9.17, 15) is 73.5 Å². The van der Waals surface area contributed by atoms with Crippen molar-refractivity contribution in [2.24, 2.45) is 0 Å². The van der Waals surface area contributed by atoms with Crippen LogP contribution in [0.3, 0.4) is 0 Å². The van der Waals surface area contributed by atoms with E-state index in [-0.39, 0.29) is 110 Å². The Kier molecular flexibility index (Phi) is 107. The summed E-state index contributed by atoms with van der Waals surface area (Å²) in [5.41, 5.74) is 0. The van der Waals surface area contributed by atoms with Crippen LogP contribution in [0.25, 0.3) is 0 Å². The molecule has 0 amide bonds. The smallest absolute Gasteiger partial charge is 1.00 e. The Morgan fingerprint density at radius 2 is 0.920 bits per heavy atom. The van der Waals surface area contributed by atoms with E-state index in [1.807, 2.05) is 41.5 Å². The minimum absolute atomic E-state index is 0. The predicted octanol–water partition coefficient (Wildman–Crippen LogP) is -19.5. The average Bonchev–Trinajstić information content (AvgIpc) is 0.823. The average molecular weight is 1900 g/mol. The fourth-order valence-electron chi connectivity index (χ4n) is 6.77. The first-order valence-corrected chi connectivity index (χ1v) is 41.2. The zero-order chi connectivity index (χ0) is 88.3. The van der Waals surface area contributed by atoms with Crippen LogP contribution in [0.4, 0.5) is 0 Å². The number of aliphatic hydroxyl groups excluding tert-OH is 10. The first-order valence-electron chi connectivity index (χ1n) is 34.1. The molecule has 45 nitrogen and oxygen atoms in total. The zero-order valence-corrected chi connectivity index (χ0v) is 73.3. The minimum Gasteiger partial charge on any atom is -1.00 e. The van der Waals surface area contributed by atoms with Gasteiger partial charge in [0.05, 0.1) is 64.1 Å². The Balaban J connectivity index is -0.000000106. The van der Waals surface area contributed by atoms with Gasteiger partial charge in [-0.15, -0.1) is 0 Å². The van der Waals surface area contributed by atoms with Crippen molar-refractivity contribution in [1.29, 1.82) is 0 Å². The fourth-order valence-corrected chi connectivity index (χ4v) is 6.77. The number of methoxy groups -OCH3 is 6. The molecule has 9 unspecified atom stereocenters. The van der Waals surface area contributed by atoms with Crippen LogP contribution in [0.2, 0.25) is 0 Å². The number of ether oxygens (including phenoxy) is 16. The topological polar surface area (TPSA) is 725 Å². The van der Waals surface area contributed by atoms with Crippen molar-refractivity contribution in [2.45, 2.75) is 264 Å². The van der Waals surface area contributed by atoms with Gasteiger partial charge in [-0.25, -0.2) is 0 Å². The van der Waals surface area contributed by atoms with Gasteiger partial charge in [0, 0.05) is 76.8 Å². The van der Waals surface area contributed by atoms with E-state index in [1.54, 1.807) is 27.7 Å². The number of aliphatic carboxylic acids is 1. The van der Waals surface area contributed by atoms with E-state index in [1.165, 1.54) is 42.7 Å². The molecule has 2 heterocycles. The number of cyclic esters (lactones) is 2.